The summed E-state index contributed by atoms with van der Waals surface area (Å²) in [5.41, 5.74) is 2.16. The molecule has 0 bridgehead atoms. The van der Waals surface area contributed by atoms with Gasteiger partial charge >= 0.3 is 18.0 Å². The predicted molar refractivity (Wildman–Crippen MR) is 145 cm³/mol. The fraction of sp³-hybridized carbons (Fsp3) is 0.276. The van der Waals surface area contributed by atoms with E-state index in [4.69, 9.17) is 0 Å². The number of carbonyl (C=O) groups is 3. The van der Waals surface area contributed by atoms with Gasteiger partial charge < -0.3 is 20.2 Å². The highest BCUT2D eigenvalue weighted by atomic mass is 16.4. The second-order valence-electron chi connectivity index (χ2n) is 8.64. The van der Waals surface area contributed by atoms with Gasteiger partial charge in [-0.2, -0.15) is 0 Å². The summed E-state index contributed by atoms with van der Waals surface area (Å²) < 4.78 is 0. The molecule has 0 radical (unpaired) electrons. The molecule has 0 saturated heterocycles. The number of benzene rings is 3. The Balaban J connectivity index is 1.84. The summed E-state index contributed by atoms with van der Waals surface area (Å²) in [6.45, 7) is 4.53. The highest BCUT2D eigenvalue weighted by Crippen LogP contribution is 2.25. The molecule has 0 fully saturated rings. The predicted octanol–water partition coefficient (Wildman–Crippen LogP) is 5.34. The van der Waals surface area contributed by atoms with Gasteiger partial charge in [0.25, 0.3) is 0 Å². The van der Waals surface area contributed by atoms with Crippen LogP contribution in [0.5, 0.6) is 0 Å². The fourth-order valence-corrected chi connectivity index (χ4v) is 4.27. The van der Waals surface area contributed by atoms with Crippen molar-refractivity contribution in [2.45, 2.75) is 38.9 Å². The smallest absolute Gasteiger partial charge is 0.328 e. The Hall–Kier alpha value is -4.33. The summed E-state index contributed by atoms with van der Waals surface area (Å²) in [5.74, 6) is -1.22. The molecule has 8 nitrogen and oxygen atoms in total. The van der Waals surface area contributed by atoms with Gasteiger partial charge in [-0.3, -0.25) is 4.90 Å². The van der Waals surface area contributed by atoms with E-state index < -0.39 is 24.1 Å². The Labute approximate surface area is 218 Å². The maximum atomic E-state index is 13.5. The molecular formula is C29H34N4O4. The number of nitrogens with zero attached hydrogens (tertiary/aromatic N) is 3. The second-order valence-corrected chi connectivity index (χ2v) is 8.64. The number of carboxylic acids is 1. The number of para-hydroxylation sites is 2. The van der Waals surface area contributed by atoms with E-state index >= 15 is 0 Å². The zero-order valence-electron chi connectivity index (χ0n) is 21.4. The minimum atomic E-state index is -1.32. The molecule has 3 aromatic carbocycles. The van der Waals surface area contributed by atoms with E-state index in [-0.39, 0.29) is 6.03 Å². The minimum absolute atomic E-state index is 0.304. The highest BCUT2D eigenvalue weighted by Gasteiger charge is 2.36. The van der Waals surface area contributed by atoms with Crippen LogP contribution in [0.3, 0.4) is 0 Å². The number of hydrogen-bond acceptors (Lipinski definition) is 3. The van der Waals surface area contributed by atoms with Crippen LogP contribution in [0.4, 0.5) is 21.0 Å². The van der Waals surface area contributed by atoms with E-state index in [0.717, 1.165) is 5.56 Å². The molecule has 194 valence electrons. The summed E-state index contributed by atoms with van der Waals surface area (Å²) >= 11 is 0. The molecule has 0 saturated carbocycles. The SMILES string of the molecule is CC[C@H]([C@H](NC(=O)N(c1ccccc1)c1ccccc1)C(=O)O)N(C)C(=O)N(CC)Cc1ccccc1. The summed E-state index contributed by atoms with van der Waals surface area (Å²) in [6.07, 6.45) is 0.332. The van der Waals surface area contributed by atoms with Crippen LogP contribution in [0.25, 0.3) is 0 Å². The molecule has 0 aliphatic heterocycles. The number of aliphatic carboxylic acids is 1. The van der Waals surface area contributed by atoms with Crippen LogP contribution in [-0.4, -0.2) is 58.6 Å². The van der Waals surface area contributed by atoms with Gasteiger partial charge in [0.05, 0.1) is 17.4 Å². The third-order valence-corrected chi connectivity index (χ3v) is 6.25. The van der Waals surface area contributed by atoms with Crippen molar-refractivity contribution in [3.63, 3.8) is 0 Å². The van der Waals surface area contributed by atoms with Crippen LogP contribution in [0.1, 0.15) is 25.8 Å². The van der Waals surface area contributed by atoms with E-state index in [2.05, 4.69) is 5.32 Å². The number of rotatable bonds is 10. The average molecular weight is 503 g/mol. The second kappa shape index (κ2) is 13.1. The molecular weight excluding hydrogens is 468 g/mol. The van der Waals surface area contributed by atoms with Crippen LogP contribution < -0.4 is 10.2 Å². The minimum Gasteiger partial charge on any atom is -0.480 e. The summed E-state index contributed by atoms with van der Waals surface area (Å²) in [4.78, 5) is 43.8. The van der Waals surface area contributed by atoms with Crippen LogP contribution >= 0.6 is 0 Å². The van der Waals surface area contributed by atoms with Crippen molar-refractivity contribution in [2.24, 2.45) is 0 Å². The van der Waals surface area contributed by atoms with E-state index in [1.807, 2.05) is 49.4 Å². The summed E-state index contributed by atoms with van der Waals surface area (Å²) in [5, 5.41) is 12.8. The maximum Gasteiger partial charge on any atom is 0.328 e. The summed E-state index contributed by atoms with van der Waals surface area (Å²) in [6, 6.07) is 24.6. The van der Waals surface area contributed by atoms with Crippen molar-refractivity contribution in [2.75, 3.05) is 18.5 Å². The number of likely N-dealkylation sites (N-methyl/N-ethyl adjacent to an activating group) is 1. The Morgan fingerprint density at radius 3 is 1.73 bits per heavy atom. The monoisotopic (exact) mass is 502 g/mol. The molecule has 0 heterocycles. The van der Waals surface area contributed by atoms with Gasteiger partial charge in [-0.1, -0.05) is 73.7 Å². The van der Waals surface area contributed by atoms with Crippen LogP contribution in [0.15, 0.2) is 91.0 Å². The first-order valence-electron chi connectivity index (χ1n) is 12.4. The van der Waals surface area contributed by atoms with Gasteiger partial charge in [-0.05, 0) is 43.2 Å². The molecule has 8 heteroatoms. The molecule has 0 spiro atoms. The first-order valence-corrected chi connectivity index (χ1v) is 12.4. The number of carboxylic acid groups (broad SMARTS) is 1. The van der Waals surface area contributed by atoms with Crippen LogP contribution in [0.2, 0.25) is 0 Å². The molecule has 0 aromatic heterocycles. The lowest BCUT2D eigenvalue weighted by molar-refractivity contribution is -0.140. The number of anilines is 2. The zero-order chi connectivity index (χ0) is 26.8. The molecule has 0 unspecified atom stereocenters. The topological polar surface area (TPSA) is 93.2 Å². The zero-order valence-corrected chi connectivity index (χ0v) is 21.4. The maximum absolute atomic E-state index is 13.5. The fourth-order valence-electron chi connectivity index (χ4n) is 4.27. The Kier molecular flexibility index (Phi) is 9.66. The third kappa shape index (κ3) is 6.88. The highest BCUT2D eigenvalue weighted by molar-refractivity contribution is 6.01. The first kappa shape index (κ1) is 27.3. The number of nitrogens with one attached hydrogen (secondary N) is 1. The third-order valence-electron chi connectivity index (χ3n) is 6.25. The van der Waals surface area contributed by atoms with Gasteiger partial charge in [-0.25, -0.2) is 14.4 Å². The van der Waals surface area contributed by atoms with Crippen molar-refractivity contribution in [1.29, 1.82) is 0 Å². The lowest BCUT2D eigenvalue weighted by atomic mass is 10.0. The van der Waals surface area contributed by atoms with Gasteiger partial charge in [-0.15, -0.1) is 0 Å². The largest absolute Gasteiger partial charge is 0.480 e. The Morgan fingerprint density at radius 2 is 1.30 bits per heavy atom. The standard InChI is InChI=1S/C29H34N4O4/c1-4-25(31(3)29(37)32(5-2)21-22-15-9-6-10-16-22)26(27(34)35)30-28(36)33(23-17-11-7-12-18-23)24-19-13-8-14-20-24/h6-20,25-26H,4-5,21H2,1-3H3,(H,30,36)(H,34,35)/t25-,26+/m1/s1. The Bertz CT molecular complexity index is 1120. The lowest BCUT2D eigenvalue weighted by Gasteiger charge is -2.36. The Morgan fingerprint density at radius 1 is 0.811 bits per heavy atom. The number of urea groups is 2. The number of carbonyl (C=O) groups excluding carboxylic acids is 2. The van der Waals surface area contributed by atoms with E-state index in [9.17, 15) is 19.5 Å². The summed E-state index contributed by atoms with van der Waals surface area (Å²) in [7, 11) is 1.58. The number of hydrogen-bond donors (Lipinski definition) is 2. The van der Waals surface area contributed by atoms with Crippen molar-refractivity contribution in [1.82, 2.24) is 15.1 Å². The molecule has 0 aliphatic rings. The van der Waals surface area contributed by atoms with Gasteiger partial charge in [0, 0.05) is 20.1 Å². The molecule has 3 rings (SSSR count). The quantitative estimate of drug-likeness (QED) is 0.391. The molecule has 0 aliphatic carbocycles. The molecule has 37 heavy (non-hydrogen) atoms. The van der Waals surface area contributed by atoms with Crippen molar-refractivity contribution in [3.8, 4) is 0 Å². The van der Waals surface area contributed by atoms with Crippen molar-refractivity contribution in [3.05, 3.63) is 96.6 Å². The molecule has 4 amide bonds. The van der Waals surface area contributed by atoms with Crippen molar-refractivity contribution >= 4 is 29.4 Å². The van der Waals surface area contributed by atoms with E-state index in [1.165, 1.54) is 9.80 Å². The van der Waals surface area contributed by atoms with Gasteiger partial charge in [0.2, 0.25) is 0 Å². The van der Waals surface area contributed by atoms with Crippen LogP contribution in [-0.2, 0) is 11.3 Å². The van der Waals surface area contributed by atoms with Crippen LogP contribution in [0, 0.1) is 0 Å². The molecule has 2 N–H and O–H groups in total. The van der Waals surface area contributed by atoms with Gasteiger partial charge in [0.15, 0.2) is 0 Å². The van der Waals surface area contributed by atoms with E-state index in [0.29, 0.717) is 30.9 Å². The lowest BCUT2D eigenvalue weighted by Crippen LogP contribution is -2.59. The average Bonchev–Trinajstić information content (AvgIpc) is 2.93. The number of amides is 4. The van der Waals surface area contributed by atoms with E-state index in [1.54, 1.807) is 67.4 Å². The molecule has 3 aromatic rings. The van der Waals surface area contributed by atoms with Gasteiger partial charge in [0.1, 0.15) is 6.04 Å². The molecule has 2 atom stereocenters. The first-order chi connectivity index (χ1) is 17.9. The normalized spacial score (nSPS) is 12.2. The van der Waals surface area contributed by atoms with Crippen molar-refractivity contribution < 1.29 is 19.5 Å².